The Labute approximate surface area is 156 Å². The molecule has 5 aromatic rings. The number of aromatic nitrogens is 1. The van der Waals surface area contributed by atoms with Gasteiger partial charge in [-0.3, -0.25) is 0 Å². The van der Waals surface area contributed by atoms with Crippen molar-refractivity contribution < 1.29 is 0 Å². The topological polar surface area (TPSA) is 4.93 Å². The lowest BCUT2D eigenvalue weighted by Crippen LogP contribution is -1.84. The summed E-state index contributed by atoms with van der Waals surface area (Å²) in [5.41, 5.74) is 3.75. The lowest BCUT2D eigenvalue weighted by Gasteiger charge is -1.99. The maximum atomic E-state index is 2.28. The van der Waals surface area contributed by atoms with E-state index in [2.05, 4.69) is 108 Å². The highest BCUT2D eigenvalue weighted by Crippen LogP contribution is 2.31. The van der Waals surface area contributed by atoms with E-state index in [0.717, 1.165) is 0 Å². The maximum Gasteiger partial charge on any atom is 0.0534 e. The van der Waals surface area contributed by atoms with Crippen LogP contribution in [0.25, 0.3) is 44.5 Å². The zero-order valence-corrected chi connectivity index (χ0v) is 15.0. The standard InChI is InChI=1S/C24H17NS/c1-2-8-18(9-3-1)24-15-14-19(26-24)16-17-25-22-12-6-4-10-20(22)21-11-5-7-13-23(21)25/h1-17H/b17-16-. The summed E-state index contributed by atoms with van der Waals surface area (Å²) in [5.74, 6) is 0. The van der Waals surface area contributed by atoms with Gasteiger partial charge in [-0.25, -0.2) is 0 Å². The average Bonchev–Trinajstić information content (AvgIpc) is 3.30. The van der Waals surface area contributed by atoms with Gasteiger partial charge in [0.2, 0.25) is 0 Å². The summed E-state index contributed by atoms with van der Waals surface area (Å²) < 4.78 is 2.28. The first-order valence-corrected chi connectivity index (χ1v) is 9.53. The molecule has 2 aromatic heterocycles. The minimum Gasteiger partial charge on any atom is -0.316 e. The van der Waals surface area contributed by atoms with Crippen LogP contribution in [0.3, 0.4) is 0 Å². The molecule has 0 fully saturated rings. The summed E-state index contributed by atoms with van der Waals surface area (Å²) >= 11 is 1.82. The van der Waals surface area contributed by atoms with E-state index in [1.165, 1.54) is 37.1 Å². The van der Waals surface area contributed by atoms with Crippen LogP contribution in [0.5, 0.6) is 0 Å². The van der Waals surface area contributed by atoms with Crippen LogP contribution in [-0.2, 0) is 0 Å². The van der Waals surface area contributed by atoms with Gasteiger partial charge in [-0.2, -0.15) is 0 Å². The van der Waals surface area contributed by atoms with Crippen molar-refractivity contribution in [1.82, 2.24) is 4.57 Å². The minimum absolute atomic E-state index is 1.24. The SMILES string of the molecule is C(=C/n1c2ccccc2c2ccccc21)/c1ccc(-c2ccccc2)s1. The normalized spacial score (nSPS) is 11.7. The summed E-state index contributed by atoms with van der Waals surface area (Å²) in [7, 11) is 0. The first kappa shape index (κ1) is 15.2. The van der Waals surface area contributed by atoms with Crippen LogP contribution in [0.15, 0.2) is 91.0 Å². The van der Waals surface area contributed by atoms with Crippen molar-refractivity contribution in [3.63, 3.8) is 0 Å². The third-order valence-corrected chi connectivity index (χ3v) is 5.79. The number of benzene rings is 3. The summed E-state index contributed by atoms with van der Waals surface area (Å²) in [5, 5.41) is 2.59. The van der Waals surface area contributed by atoms with Crippen LogP contribution in [-0.4, -0.2) is 4.57 Å². The zero-order chi connectivity index (χ0) is 17.3. The lowest BCUT2D eigenvalue weighted by atomic mass is 10.2. The third kappa shape index (κ3) is 2.56. The van der Waals surface area contributed by atoms with E-state index in [1.54, 1.807) is 0 Å². The second-order valence-electron chi connectivity index (χ2n) is 6.29. The molecular weight excluding hydrogens is 334 g/mol. The van der Waals surface area contributed by atoms with Crippen LogP contribution >= 0.6 is 11.3 Å². The Kier molecular flexibility index (Phi) is 3.69. The number of hydrogen-bond donors (Lipinski definition) is 0. The van der Waals surface area contributed by atoms with Gasteiger partial charge in [-0.1, -0.05) is 66.7 Å². The molecule has 2 heterocycles. The Morgan fingerprint density at radius 1 is 0.615 bits per heavy atom. The highest BCUT2D eigenvalue weighted by atomic mass is 32.1. The molecule has 5 rings (SSSR count). The minimum atomic E-state index is 1.24. The number of para-hydroxylation sites is 2. The van der Waals surface area contributed by atoms with E-state index in [9.17, 15) is 0 Å². The lowest BCUT2D eigenvalue weighted by molar-refractivity contribution is 1.30. The molecule has 26 heavy (non-hydrogen) atoms. The highest BCUT2D eigenvalue weighted by molar-refractivity contribution is 7.16. The van der Waals surface area contributed by atoms with Gasteiger partial charge < -0.3 is 4.57 Å². The fraction of sp³-hybridized carbons (Fsp3) is 0. The Morgan fingerprint density at radius 2 is 1.23 bits per heavy atom. The second-order valence-corrected chi connectivity index (χ2v) is 7.40. The van der Waals surface area contributed by atoms with Crippen LogP contribution in [0.4, 0.5) is 0 Å². The summed E-state index contributed by atoms with van der Waals surface area (Å²) in [6, 6.07) is 32.1. The Balaban J connectivity index is 1.58. The molecule has 0 saturated carbocycles. The van der Waals surface area contributed by atoms with Gasteiger partial charge in [0.05, 0.1) is 11.0 Å². The van der Waals surface area contributed by atoms with Crippen LogP contribution in [0.1, 0.15) is 4.88 Å². The van der Waals surface area contributed by atoms with Gasteiger partial charge in [0.1, 0.15) is 0 Å². The third-order valence-electron chi connectivity index (χ3n) is 4.69. The van der Waals surface area contributed by atoms with E-state index in [4.69, 9.17) is 0 Å². The molecule has 0 N–H and O–H groups in total. The molecule has 0 aliphatic rings. The monoisotopic (exact) mass is 351 g/mol. The van der Waals surface area contributed by atoms with Gasteiger partial charge in [0.25, 0.3) is 0 Å². The van der Waals surface area contributed by atoms with E-state index >= 15 is 0 Å². The maximum absolute atomic E-state index is 2.28. The van der Waals surface area contributed by atoms with Crippen molar-refractivity contribution in [2.45, 2.75) is 0 Å². The number of hydrogen-bond acceptors (Lipinski definition) is 1. The zero-order valence-electron chi connectivity index (χ0n) is 14.2. The van der Waals surface area contributed by atoms with Crippen molar-refractivity contribution in [1.29, 1.82) is 0 Å². The van der Waals surface area contributed by atoms with Gasteiger partial charge >= 0.3 is 0 Å². The van der Waals surface area contributed by atoms with Crippen LogP contribution in [0.2, 0.25) is 0 Å². The summed E-state index contributed by atoms with van der Waals surface area (Å²) in [4.78, 5) is 2.55. The molecule has 0 aliphatic carbocycles. The molecule has 3 aromatic carbocycles. The van der Waals surface area contributed by atoms with E-state index in [0.29, 0.717) is 0 Å². The fourth-order valence-corrected chi connectivity index (χ4v) is 4.37. The van der Waals surface area contributed by atoms with Crippen molar-refractivity contribution in [2.24, 2.45) is 0 Å². The van der Waals surface area contributed by atoms with Crippen molar-refractivity contribution in [3.05, 3.63) is 95.9 Å². The van der Waals surface area contributed by atoms with Crippen LogP contribution < -0.4 is 0 Å². The van der Waals surface area contributed by atoms with Gasteiger partial charge in [-0.15, -0.1) is 11.3 Å². The Morgan fingerprint density at radius 3 is 1.92 bits per heavy atom. The summed E-state index contributed by atoms with van der Waals surface area (Å²) in [6.45, 7) is 0. The van der Waals surface area contributed by atoms with Crippen LogP contribution in [0, 0.1) is 0 Å². The van der Waals surface area contributed by atoms with Crippen molar-refractivity contribution in [3.8, 4) is 10.4 Å². The molecule has 0 bridgehead atoms. The van der Waals surface area contributed by atoms with Gasteiger partial charge in [0.15, 0.2) is 0 Å². The Bertz CT molecular complexity index is 1170. The first-order chi connectivity index (χ1) is 12.9. The van der Waals surface area contributed by atoms with Gasteiger partial charge in [-0.05, 0) is 35.9 Å². The van der Waals surface area contributed by atoms with Crippen molar-refractivity contribution >= 4 is 45.4 Å². The number of nitrogens with zero attached hydrogens (tertiary/aromatic N) is 1. The molecule has 0 spiro atoms. The molecule has 0 saturated heterocycles. The highest BCUT2D eigenvalue weighted by Gasteiger charge is 2.07. The quantitative estimate of drug-likeness (QED) is 0.325. The largest absolute Gasteiger partial charge is 0.316 e. The smallest absolute Gasteiger partial charge is 0.0534 e. The van der Waals surface area contributed by atoms with Gasteiger partial charge in [0, 0.05) is 26.7 Å². The molecule has 0 aliphatic heterocycles. The molecule has 0 unspecified atom stereocenters. The number of fused-ring (bicyclic) bond motifs is 3. The Hall–Kier alpha value is -3.10. The van der Waals surface area contributed by atoms with E-state index in [1.807, 2.05) is 11.3 Å². The first-order valence-electron chi connectivity index (χ1n) is 8.71. The molecule has 1 nitrogen and oxygen atoms in total. The van der Waals surface area contributed by atoms with Crippen molar-refractivity contribution in [2.75, 3.05) is 0 Å². The number of thiophene rings is 1. The molecule has 0 atom stereocenters. The second kappa shape index (κ2) is 6.32. The number of rotatable bonds is 3. The summed E-state index contributed by atoms with van der Waals surface area (Å²) in [6.07, 6.45) is 4.39. The van der Waals surface area contributed by atoms with E-state index in [-0.39, 0.29) is 0 Å². The molecule has 0 amide bonds. The van der Waals surface area contributed by atoms with E-state index < -0.39 is 0 Å². The predicted octanol–water partition coefficient (Wildman–Crippen LogP) is 7.15. The average molecular weight is 351 g/mol. The molecular formula is C24H17NS. The fourth-order valence-electron chi connectivity index (χ4n) is 3.46. The molecule has 0 radical (unpaired) electrons. The predicted molar refractivity (Wildman–Crippen MR) is 114 cm³/mol. The molecule has 2 heteroatoms. The molecule has 124 valence electrons.